The van der Waals surface area contributed by atoms with Gasteiger partial charge in [-0.3, -0.25) is 4.98 Å². The van der Waals surface area contributed by atoms with Crippen molar-refractivity contribution in [1.82, 2.24) is 9.97 Å². The monoisotopic (exact) mass is 296 g/mol. The smallest absolute Gasteiger partial charge is 0.373 e. The number of anilines is 2. The molecule has 0 saturated heterocycles. The lowest BCUT2D eigenvalue weighted by atomic mass is 10.2. The Labute approximate surface area is 120 Å². The Kier molecular flexibility index (Phi) is 4.62. The molecule has 0 aliphatic heterocycles. The van der Waals surface area contributed by atoms with Crippen molar-refractivity contribution in [2.75, 3.05) is 24.2 Å². The molecule has 0 aliphatic rings. The quantitative estimate of drug-likeness (QED) is 0.889. The summed E-state index contributed by atoms with van der Waals surface area (Å²) in [7, 11) is 1.53. The Morgan fingerprint density at radius 3 is 2.38 bits per heavy atom. The van der Waals surface area contributed by atoms with E-state index in [9.17, 15) is 13.2 Å². The number of alkyl halides is 3. The lowest BCUT2D eigenvalue weighted by molar-refractivity contribution is -0.137. The molecule has 2 aromatic heterocycles. The van der Waals surface area contributed by atoms with Crippen molar-refractivity contribution in [2.45, 2.75) is 12.6 Å². The van der Waals surface area contributed by atoms with Gasteiger partial charge in [-0.25, -0.2) is 4.98 Å². The second kappa shape index (κ2) is 6.43. The topological polar surface area (TPSA) is 49.8 Å². The van der Waals surface area contributed by atoms with Crippen molar-refractivity contribution in [3.05, 3.63) is 47.8 Å². The minimum absolute atomic E-state index is 0.177. The molecule has 2 rings (SSSR count). The third-order valence-electron chi connectivity index (χ3n) is 2.88. The van der Waals surface area contributed by atoms with Crippen LogP contribution in [-0.4, -0.2) is 23.6 Å². The number of aromatic nitrogens is 2. The van der Waals surface area contributed by atoms with Gasteiger partial charge in [0.25, 0.3) is 0 Å². The SMILES string of the molecule is CNc1cc(C(F)(F)F)cc(NCCc2ccncc2)n1. The first kappa shape index (κ1) is 15.1. The van der Waals surface area contributed by atoms with Crippen LogP contribution in [0.15, 0.2) is 36.7 Å². The van der Waals surface area contributed by atoms with Crippen LogP contribution in [0, 0.1) is 0 Å². The number of halogens is 3. The summed E-state index contributed by atoms with van der Waals surface area (Å²) in [5, 5.41) is 5.54. The summed E-state index contributed by atoms with van der Waals surface area (Å²) in [6, 6.07) is 5.71. The fourth-order valence-electron chi connectivity index (χ4n) is 1.80. The van der Waals surface area contributed by atoms with E-state index in [2.05, 4.69) is 20.6 Å². The van der Waals surface area contributed by atoms with Gasteiger partial charge in [0.15, 0.2) is 0 Å². The minimum atomic E-state index is -4.39. The first-order chi connectivity index (χ1) is 9.99. The Bertz CT molecular complexity index is 585. The third-order valence-corrected chi connectivity index (χ3v) is 2.88. The molecule has 7 heteroatoms. The van der Waals surface area contributed by atoms with E-state index in [0.29, 0.717) is 13.0 Å². The fourth-order valence-corrected chi connectivity index (χ4v) is 1.80. The molecule has 0 aromatic carbocycles. The van der Waals surface area contributed by atoms with Gasteiger partial charge in [-0.1, -0.05) is 0 Å². The standard InChI is InChI=1S/C14H15F3N4/c1-18-12-8-11(14(15,16)17)9-13(21-12)20-7-4-10-2-5-19-6-3-10/h2-3,5-6,8-9H,4,7H2,1H3,(H2,18,20,21). The van der Waals surface area contributed by atoms with E-state index >= 15 is 0 Å². The molecule has 0 saturated carbocycles. The van der Waals surface area contributed by atoms with Crippen molar-refractivity contribution in [3.8, 4) is 0 Å². The summed E-state index contributed by atoms with van der Waals surface area (Å²) >= 11 is 0. The zero-order valence-corrected chi connectivity index (χ0v) is 11.4. The number of hydrogen-bond acceptors (Lipinski definition) is 4. The number of pyridine rings is 2. The van der Waals surface area contributed by atoms with Crippen LogP contribution < -0.4 is 10.6 Å². The van der Waals surface area contributed by atoms with Crippen molar-refractivity contribution in [1.29, 1.82) is 0 Å². The van der Waals surface area contributed by atoms with Crippen LogP contribution in [0.25, 0.3) is 0 Å². The fraction of sp³-hybridized carbons (Fsp3) is 0.286. The van der Waals surface area contributed by atoms with Crippen LogP contribution in [0.5, 0.6) is 0 Å². The second-order valence-electron chi connectivity index (χ2n) is 4.41. The van der Waals surface area contributed by atoms with Gasteiger partial charge in [0.1, 0.15) is 11.6 Å². The zero-order valence-electron chi connectivity index (χ0n) is 11.4. The molecule has 2 aromatic rings. The van der Waals surface area contributed by atoms with E-state index in [-0.39, 0.29) is 11.6 Å². The van der Waals surface area contributed by atoms with Crippen LogP contribution in [0.2, 0.25) is 0 Å². The normalized spacial score (nSPS) is 11.2. The first-order valence-electron chi connectivity index (χ1n) is 6.39. The van der Waals surface area contributed by atoms with E-state index in [1.807, 2.05) is 12.1 Å². The minimum Gasteiger partial charge on any atom is -0.373 e. The first-order valence-corrected chi connectivity index (χ1v) is 6.39. The molecule has 112 valence electrons. The molecule has 4 nitrogen and oxygen atoms in total. The van der Waals surface area contributed by atoms with E-state index in [1.54, 1.807) is 12.4 Å². The number of nitrogens with one attached hydrogen (secondary N) is 2. The summed E-state index contributed by atoms with van der Waals surface area (Å²) < 4.78 is 38.3. The molecule has 0 unspecified atom stereocenters. The highest BCUT2D eigenvalue weighted by Crippen LogP contribution is 2.31. The maximum atomic E-state index is 12.8. The van der Waals surface area contributed by atoms with Crippen molar-refractivity contribution >= 4 is 11.6 Å². The van der Waals surface area contributed by atoms with Gasteiger partial charge in [-0.05, 0) is 36.2 Å². The molecule has 0 atom stereocenters. The Hall–Kier alpha value is -2.31. The molecule has 0 radical (unpaired) electrons. The van der Waals surface area contributed by atoms with E-state index in [0.717, 1.165) is 17.7 Å². The highest BCUT2D eigenvalue weighted by Gasteiger charge is 2.31. The Morgan fingerprint density at radius 1 is 1.10 bits per heavy atom. The summed E-state index contributed by atoms with van der Waals surface area (Å²) in [6.07, 6.45) is -0.362. The third kappa shape index (κ3) is 4.34. The van der Waals surface area contributed by atoms with Crippen molar-refractivity contribution < 1.29 is 13.2 Å². The van der Waals surface area contributed by atoms with Crippen LogP contribution in [0.4, 0.5) is 24.8 Å². The molecule has 0 amide bonds. The molecule has 0 bridgehead atoms. The predicted molar refractivity (Wildman–Crippen MR) is 75.2 cm³/mol. The van der Waals surface area contributed by atoms with Crippen LogP contribution in [0.1, 0.15) is 11.1 Å². The van der Waals surface area contributed by atoms with Crippen molar-refractivity contribution in [2.24, 2.45) is 0 Å². The van der Waals surface area contributed by atoms with Gasteiger partial charge in [0.2, 0.25) is 0 Å². The molecule has 0 spiro atoms. The van der Waals surface area contributed by atoms with Gasteiger partial charge in [-0.2, -0.15) is 13.2 Å². The molecule has 2 N–H and O–H groups in total. The van der Waals surface area contributed by atoms with Gasteiger partial charge >= 0.3 is 6.18 Å². The van der Waals surface area contributed by atoms with Gasteiger partial charge in [-0.15, -0.1) is 0 Å². The zero-order chi connectivity index (χ0) is 15.3. The van der Waals surface area contributed by atoms with Crippen LogP contribution in [0.3, 0.4) is 0 Å². The molecule has 0 aliphatic carbocycles. The lowest BCUT2D eigenvalue weighted by Crippen LogP contribution is -2.11. The van der Waals surface area contributed by atoms with Gasteiger partial charge in [0, 0.05) is 26.0 Å². The summed E-state index contributed by atoms with van der Waals surface area (Å²) in [5.74, 6) is 0.375. The number of nitrogens with zero attached hydrogens (tertiary/aromatic N) is 2. The number of rotatable bonds is 5. The summed E-state index contributed by atoms with van der Waals surface area (Å²) in [5.41, 5.74) is 0.326. The maximum absolute atomic E-state index is 12.8. The maximum Gasteiger partial charge on any atom is 0.416 e. The molecule has 2 heterocycles. The Morgan fingerprint density at radius 2 is 1.76 bits per heavy atom. The molecular formula is C14H15F3N4. The average Bonchev–Trinajstić information content (AvgIpc) is 2.47. The Balaban J connectivity index is 2.05. The second-order valence-corrected chi connectivity index (χ2v) is 4.41. The highest BCUT2D eigenvalue weighted by atomic mass is 19.4. The van der Waals surface area contributed by atoms with Crippen LogP contribution in [-0.2, 0) is 12.6 Å². The summed E-state index contributed by atoms with van der Waals surface area (Å²) in [4.78, 5) is 7.97. The van der Waals surface area contributed by atoms with Gasteiger partial charge in [0.05, 0.1) is 5.56 Å². The highest BCUT2D eigenvalue weighted by molar-refractivity contribution is 5.49. The lowest BCUT2D eigenvalue weighted by Gasteiger charge is -2.12. The summed E-state index contributed by atoms with van der Waals surface area (Å²) in [6.45, 7) is 0.488. The largest absolute Gasteiger partial charge is 0.416 e. The molecule has 21 heavy (non-hydrogen) atoms. The average molecular weight is 296 g/mol. The number of hydrogen-bond donors (Lipinski definition) is 2. The molecule has 0 fully saturated rings. The predicted octanol–water partition coefficient (Wildman–Crippen LogP) is 3.19. The van der Waals surface area contributed by atoms with Crippen molar-refractivity contribution in [3.63, 3.8) is 0 Å². The van der Waals surface area contributed by atoms with E-state index < -0.39 is 11.7 Å². The van der Waals surface area contributed by atoms with E-state index in [1.165, 1.54) is 7.05 Å². The van der Waals surface area contributed by atoms with Gasteiger partial charge < -0.3 is 10.6 Å². The van der Waals surface area contributed by atoms with Crippen LogP contribution >= 0.6 is 0 Å². The van der Waals surface area contributed by atoms with E-state index in [4.69, 9.17) is 0 Å². The molecular weight excluding hydrogens is 281 g/mol.